The summed E-state index contributed by atoms with van der Waals surface area (Å²) < 4.78 is 0.986. The molecule has 0 aliphatic carbocycles. The van der Waals surface area contributed by atoms with Crippen LogP contribution in [0.3, 0.4) is 0 Å². The number of carbonyl (C=O) groups is 1. The fourth-order valence-corrected chi connectivity index (χ4v) is 4.30. The lowest BCUT2D eigenvalue weighted by Gasteiger charge is -2.26. The zero-order valence-electron chi connectivity index (χ0n) is 16.1. The first-order valence-corrected chi connectivity index (χ1v) is 10.7. The first-order chi connectivity index (χ1) is 14.5. The van der Waals surface area contributed by atoms with E-state index < -0.39 is 0 Å². The van der Waals surface area contributed by atoms with Gasteiger partial charge in [-0.05, 0) is 48.9 Å². The number of amides is 1. The number of nitrogens with zero attached hydrogens (tertiary/aromatic N) is 2. The molecule has 3 aromatic carbocycles. The smallest absolute Gasteiger partial charge is 0.277 e. The molecule has 4 aromatic rings. The molecule has 1 aliphatic rings. The zero-order chi connectivity index (χ0) is 20.8. The quantitative estimate of drug-likeness (QED) is 0.363. The van der Waals surface area contributed by atoms with Crippen molar-refractivity contribution < 1.29 is 4.79 Å². The van der Waals surface area contributed by atoms with E-state index in [0.29, 0.717) is 10.7 Å². The Hall–Kier alpha value is -2.89. The van der Waals surface area contributed by atoms with Crippen LogP contribution < -0.4 is 4.90 Å². The molecule has 5 rings (SSSR count). The van der Waals surface area contributed by atoms with E-state index in [0.717, 1.165) is 32.5 Å². The highest BCUT2D eigenvalue weighted by Crippen LogP contribution is 2.45. The Balaban J connectivity index is 1.71. The van der Waals surface area contributed by atoms with Gasteiger partial charge in [-0.15, -0.1) is 0 Å². The highest BCUT2D eigenvalue weighted by molar-refractivity contribution is 9.10. The number of aromatic amines is 1. The molecule has 1 aliphatic heterocycles. The van der Waals surface area contributed by atoms with Crippen LogP contribution >= 0.6 is 27.5 Å². The predicted octanol–water partition coefficient (Wildman–Crippen LogP) is 6.55. The Morgan fingerprint density at radius 2 is 1.63 bits per heavy atom. The normalized spacial score (nSPS) is 15.5. The van der Waals surface area contributed by atoms with E-state index in [4.69, 9.17) is 11.6 Å². The first-order valence-electron chi connectivity index (χ1n) is 9.53. The van der Waals surface area contributed by atoms with Crippen LogP contribution in [-0.2, 0) is 0 Å². The summed E-state index contributed by atoms with van der Waals surface area (Å²) in [5.74, 6) is -0.105. The third-order valence-electron chi connectivity index (χ3n) is 5.38. The largest absolute Gasteiger partial charge is 0.295 e. The van der Waals surface area contributed by atoms with Gasteiger partial charge in [0, 0.05) is 26.3 Å². The number of hydrogen-bond acceptors (Lipinski definition) is 2. The molecule has 2 heterocycles. The minimum absolute atomic E-state index is 0.105. The van der Waals surface area contributed by atoms with Crippen molar-refractivity contribution in [3.63, 3.8) is 0 Å². The molecule has 0 saturated heterocycles. The number of aromatic nitrogens is 2. The maximum absolute atomic E-state index is 13.4. The molecule has 0 saturated carbocycles. The summed E-state index contributed by atoms with van der Waals surface area (Å²) in [5, 5.41) is 8.15. The number of benzene rings is 3. The monoisotopic (exact) mass is 477 g/mol. The van der Waals surface area contributed by atoms with Crippen molar-refractivity contribution in [1.29, 1.82) is 0 Å². The minimum Gasteiger partial charge on any atom is -0.295 e. The van der Waals surface area contributed by atoms with Gasteiger partial charge in [0.25, 0.3) is 5.91 Å². The Labute approximate surface area is 187 Å². The van der Waals surface area contributed by atoms with Crippen molar-refractivity contribution in [2.45, 2.75) is 13.0 Å². The van der Waals surface area contributed by atoms with Gasteiger partial charge in [0.15, 0.2) is 0 Å². The summed E-state index contributed by atoms with van der Waals surface area (Å²) >= 11 is 9.59. The van der Waals surface area contributed by atoms with Gasteiger partial charge in [-0.3, -0.25) is 14.8 Å². The summed E-state index contributed by atoms with van der Waals surface area (Å²) in [5.41, 5.74) is 6.16. The summed E-state index contributed by atoms with van der Waals surface area (Å²) in [6.45, 7) is 2.05. The molecule has 1 amide bonds. The van der Waals surface area contributed by atoms with E-state index in [-0.39, 0.29) is 11.9 Å². The fourth-order valence-electron chi connectivity index (χ4n) is 3.91. The van der Waals surface area contributed by atoms with Gasteiger partial charge in [-0.2, -0.15) is 5.10 Å². The number of rotatable bonds is 3. The van der Waals surface area contributed by atoms with Gasteiger partial charge in [-0.1, -0.05) is 69.5 Å². The van der Waals surface area contributed by atoms with Gasteiger partial charge >= 0.3 is 0 Å². The second-order valence-corrected chi connectivity index (χ2v) is 8.68. The molecule has 148 valence electrons. The first kappa shape index (κ1) is 19.1. The molecule has 1 N–H and O–H groups in total. The highest BCUT2D eigenvalue weighted by Gasteiger charge is 2.43. The van der Waals surface area contributed by atoms with Crippen molar-refractivity contribution in [2.75, 3.05) is 4.90 Å². The zero-order valence-corrected chi connectivity index (χ0v) is 18.4. The van der Waals surface area contributed by atoms with Crippen LogP contribution in [-0.4, -0.2) is 16.1 Å². The lowest BCUT2D eigenvalue weighted by atomic mass is 9.95. The number of nitrogens with one attached hydrogen (secondary N) is 1. The summed E-state index contributed by atoms with van der Waals surface area (Å²) in [6.07, 6.45) is 0. The standard InChI is InChI=1S/C24H17BrClN3O/c1-14-2-4-15(5-3-14)21-20-22(28-27-21)24(30)29(19-12-10-18(26)11-13-19)23(20)16-6-8-17(25)9-7-16/h2-13,23H,1H3,(H,27,28). The SMILES string of the molecule is Cc1ccc(-c2n[nH]c3c2C(c2ccc(Br)cc2)N(c2ccc(Cl)cc2)C3=O)cc1. The molecule has 1 atom stereocenters. The number of anilines is 1. The van der Waals surface area contributed by atoms with Crippen molar-refractivity contribution in [3.8, 4) is 11.3 Å². The van der Waals surface area contributed by atoms with E-state index in [9.17, 15) is 4.79 Å². The average Bonchev–Trinajstić information content (AvgIpc) is 3.29. The molecule has 1 unspecified atom stereocenters. The van der Waals surface area contributed by atoms with Crippen LogP contribution in [0.2, 0.25) is 5.02 Å². The molecule has 6 heteroatoms. The number of hydrogen-bond donors (Lipinski definition) is 1. The molecule has 0 spiro atoms. The topological polar surface area (TPSA) is 49.0 Å². The second-order valence-electron chi connectivity index (χ2n) is 7.33. The molecule has 30 heavy (non-hydrogen) atoms. The van der Waals surface area contributed by atoms with Crippen molar-refractivity contribution in [3.05, 3.63) is 105 Å². The van der Waals surface area contributed by atoms with Crippen molar-refractivity contribution >= 4 is 39.1 Å². The van der Waals surface area contributed by atoms with E-state index in [1.165, 1.54) is 5.56 Å². The molecule has 0 radical (unpaired) electrons. The lowest BCUT2D eigenvalue weighted by Crippen LogP contribution is -2.29. The Morgan fingerprint density at radius 3 is 2.30 bits per heavy atom. The number of H-pyrrole nitrogens is 1. The fraction of sp³-hybridized carbons (Fsp3) is 0.0833. The summed E-state index contributed by atoms with van der Waals surface area (Å²) in [6, 6.07) is 23.3. The van der Waals surface area contributed by atoms with Crippen LogP contribution in [0.15, 0.2) is 77.3 Å². The molecule has 0 fully saturated rings. The van der Waals surface area contributed by atoms with E-state index in [1.54, 1.807) is 17.0 Å². The number of fused-ring (bicyclic) bond motifs is 1. The molecule has 0 bridgehead atoms. The van der Waals surface area contributed by atoms with Crippen LogP contribution in [0.1, 0.15) is 33.2 Å². The van der Waals surface area contributed by atoms with Gasteiger partial charge in [0.1, 0.15) is 5.69 Å². The number of carbonyl (C=O) groups excluding carboxylic acids is 1. The van der Waals surface area contributed by atoms with Crippen LogP contribution in [0.5, 0.6) is 0 Å². The molecular weight excluding hydrogens is 462 g/mol. The van der Waals surface area contributed by atoms with Crippen molar-refractivity contribution in [2.24, 2.45) is 0 Å². The van der Waals surface area contributed by atoms with E-state index >= 15 is 0 Å². The summed E-state index contributed by atoms with van der Waals surface area (Å²) in [4.78, 5) is 15.2. The summed E-state index contributed by atoms with van der Waals surface area (Å²) in [7, 11) is 0. The van der Waals surface area contributed by atoms with Gasteiger partial charge < -0.3 is 0 Å². The molecule has 1 aromatic heterocycles. The Kier molecular flexibility index (Phi) is 4.72. The second kappa shape index (κ2) is 7.42. The van der Waals surface area contributed by atoms with Crippen LogP contribution in [0.4, 0.5) is 5.69 Å². The van der Waals surface area contributed by atoms with Gasteiger partial charge in [0.2, 0.25) is 0 Å². The van der Waals surface area contributed by atoms with Crippen LogP contribution in [0.25, 0.3) is 11.3 Å². The third kappa shape index (κ3) is 3.15. The van der Waals surface area contributed by atoms with E-state index in [1.807, 2.05) is 48.5 Å². The maximum Gasteiger partial charge on any atom is 0.277 e. The van der Waals surface area contributed by atoms with E-state index in [2.05, 4.69) is 45.2 Å². The molecule has 4 nitrogen and oxygen atoms in total. The molecular formula is C24H17BrClN3O. The predicted molar refractivity (Wildman–Crippen MR) is 123 cm³/mol. The lowest BCUT2D eigenvalue weighted by molar-refractivity contribution is 0.0989. The Morgan fingerprint density at radius 1 is 0.967 bits per heavy atom. The van der Waals surface area contributed by atoms with Crippen molar-refractivity contribution in [1.82, 2.24) is 10.2 Å². The highest BCUT2D eigenvalue weighted by atomic mass is 79.9. The number of halogens is 2. The third-order valence-corrected chi connectivity index (χ3v) is 6.16. The number of aryl methyl sites for hydroxylation is 1. The average molecular weight is 479 g/mol. The van der Waals surface area contributed by atoms with Gasteiger partial charge in [0.05, 0.1) is 11.7 Å². The Bertz CT molecular complexity index is 1230. The maximum atomic E-state index is 13.4. The van der Waals surface area contributed by atoms with Crippen LogP contribution in [0, 0.1) is 6.92 Å². The van der Waals surface area contributed by atoms with Gasteiger partial charge in [-0.25, -0.2) is 0 Å². The minimum atomic E-state index is -0.295.